The summed E-state index contributed by atoms with van der Waals surface area (Å²) in [6.07, 6.45) is 0.717. The number of nitrogens with one attached hydrogen (secondary N) is 2. The van der Waals surface area contributed by atoms with Crippen LogP contribution in [0.1, 0.15) is 35.7 Å². The molecule has 0 radical (unpaired) electrons. The van der Waals surface area contributed by atoms with Gasteiger partial charge in [0, 0.05) is 24.2 Å². The number of hydrogen-bond donors (Lipinski definition) is 2. The Bertz CT molecular complexity index is 703. The molecule has 2 rings (SSSR count). The molecule has 24 heavy (non-hydrogen) atoms. The average Bonchev–Trinajstić information content (AvgIpc) is 2.52. The number of aromatic nitrogens is 2. The quantitative estimate of drug-likeness (QED) is 0.805. The second-order valence-electron chi connectivity index (χ2n) is 6.10. The fourth-order valence-corrected chi connectivity index (χ4v) is 2.40. The van der Waals surface area contributed by atoms with Crippen molar-refractivity contribution in [2.45, 2.75) is 27.2 Å². The van der Waals surface area contributed by atoms with Gasteiger partial charge in [0.2, 0.25) is 0 Å². The minimum absolute atomic E-state index is 0.199. The number of halogens is 1. The van der Waals surface area contributed by atoms with Gasteiger partial charge in [0.1, 0.15) is 17.3 Å². The fourth-order valence-electron chi connectivity index (χ4n) is 2.19. The van der Waals surface area contributed by atoms with E-state index in [9.17, 15) is 4.79 Å². The zero-order chi connectivity index (χ0) is 17.5. The van der Waals surface area contributed by atoms with E-state index in [1.807, 2.05) is 24.3 Å². The first kappa shape index (κ1) is 18.2. The SMILES string of the molecule is Cc1nc(NCC(C)C)cc(C(=O)NCCc2cccc(Cl)c2)n1. The fraction of sp³-hybridized carbons (Fsp3) is 0.389. The maximum atomic E-state index is 12.3. The molecule has 0 fully saturated rings. The van der Waals surface area contributed by atoms with Gasteiger partial charge in [0.05, 0.1) is 0 Å². The first-order valence-electron chi connectivity index (χ1n) is 8.06. The van der Waals surface area contributed by atoms with Crippen LogP contribution in [0.15, 0.2) is 30.3 Å². The van der Waals surface area contributed by atoms with Crippen LogP contribution in [0.3, 0.4) is 0 Å². The maximum Gasteiger partial charge on any atom is 0.270 e. The van der Waals surface area contributed by atoms with E-state index in [1.54, 1.807) is 13.0 Å². The molecule has 0 saturated heterocycles. The number of benzene rings is 1. The van der Waals surface area contributed by atoms with Crippen LogP contribution in [0, 0.1) is 12.8 Å². The molecule has 6 heteroatoms. The number of carbonyl (C=O) groups excluding carboxylic acids is 1. The highest BCUT2D eigenvalue weighted by molar-refractivity contribution is 6.30. The van der Waals surface area contributed by atoms with Crippen molar-refractivity contribution >= 4 is 23.3 Å². The van der Waals surface area contributed by atoms with Gasteiger partial charge < -0.3 is 10.6 Å². The highest BCUT2D eigenvalue weighted by Gasteiger charge is 2.10. The summed E-state index contributed by atoms with van der Waals surface area (Å²) in [4.78, 5) is 20.8. The van der Waals surface area contributed by atoms with Crippen LogP contribution in [0.25, 0.3) is 0 Å². The van der Waals surface area contributed by atoms with Crippen LogP contribution in [-0.2, 0) is 6.42 Å². The van der Waals surface area contributed by atoms with E-state index in [0.717, 1.165) is 18.5 Å². The molecule has 5 nitrogen and oxygen atoms in total. The van der Waals surface area contributed by atoms with Crippen molar-refractivity contribution in [3.05, 3.63) is 52.4 Å². The Labute approximate surface area is 147 Å². The van der Waals surface area contributed by atoms with Crippen molar-refractivity contribution in [2.24, 2.45) is 5.92 Å². The predicted octanol–water partition coefficient (Wildman–Crippen LogP) is 3.48. The lowest BCUT2D eigenvalue weighted by Gasteiger charge is -2.10. The Hall–Kier alpha value is -2.14. The van der Waals surface area contributed by atoms with E-state index in [2.05, 4.69) is 34.4 Å². The summed E-state index contributed by atoms with van der Waals surface area (Å²) in [7, 11) is 0. The predicted molar refractivity (Wildman–Crippen MR) is 97.6 cm³/mol. The average molecular weight is 347 g/mol. The molecule has 0 saturated carbocycles. The third-order valence-electron chi connectivity index (χ3n) is 3.35. The second kappa shape index (κ2) is 8.64. The molecule has 0 aliphatic carbocycles. The van der Waals surface area contributed by atoms with Crippen LogP contribution in [0.2, 0.25) is 5.02 Å². The summed E-state index contributed by atoms with van der Waals surface area (Å²) in [6.45, 7) is 7.33. The smallest absolute Gasteiger partial charge is 0.270 e. The molecule has 0 aliphatic rings. The Morgan fingerprint density at radius 3 is 2.75 bits per heavy atom. The van der Waals surface area contributed by atoms with Crippen LogP contribution in [0.4, 0.5) is 5.82 Å². The van der Waals surface area contributed by atoms with Gasteiger partial charge in [0.25, 0.3) is 5.91 Å². The highest BCUT2D eigenvalue weighted by Crippen LogP contribution is 2.11. The van der Waals surface area contributed by atoms with Crippen molar-refractivity contribution in [1.82, 2.24) is 15.3 Å². The van der Waals surface area contributed by atoms with Crippen molar-refractivity contribution in [2.75, 3.05) is 18.4 Å². The van der Waals surface area contributed by atoms with E-state index in [0.29, 0.717) is 34.8 Å². The van der Waals surface area contributed by atoms with Crippen LogP contribution >= 0.6 is 11.6 Å². The van der Waals surface area contributed by atoms with E-state index < -0.39 is 0 Å². The lowest BCUT2D eigenvalue weighted by Crippen LogP contribution is -2.27. The molecular formula is C18H23ClN4O. The molecule has 2 aromatic rings. The molecule has 0 bridgehead atoms. The molecule has 0 spiro atoms. The molecule has 1 heterocycles. The Kier molecular flexibility index (Phi) is 6.55. The van der Waals surface area contributed by atoms with Gasteiger partial charge in [0.15, 0.2) is 0 Å². The Morgan fingerprint density at radius 2 is 2.04 bits per heavy atom. The number of amides is 1. The van der Waals surface area contributed by atoms with Gasteiger partial charge in [-0.05, 0) is 37.0 Å². The summed E-state index contributed by atoms with van der Waals surface area (Å²) < 4.78 is 0. The van der Waals surface area contributed by atoms with Crippen LogP contribution in [-0.4, -0.2) is 29.0 Å². The standard InChI is InChI=1S/C18H23ClN4O/c1-12(2)11-21-17-10-16(22-13(3)23-17)18(24)20-8-7-14-5-4-6-15(19)9-14/h4-6,9-10,12H,7-8,11H2,1-3H3,(H,20,24)(H,21,22,23). The molecule has 1 aromatic heterocycles. The van der Waals surface area contributed by atoms with Crippen LogP contribution in [0.5, 0.6) is 0 Å². The largest absolute Gasteiger partial charge is 0.370 e. The number of carbonyl (C=O) groups is 1. The van der Waals surface area contributed by atoms with E-state index in [-0.39, 0.29) is 5.91 Å². The molecule has 1 aromatic carbocycles. The van der Waals surface area contributed by atoms with Gasteiger partial charge in [-0.1, -0.05) is 37.6 Å². The number of anilines is 1. The normalized spacial score (nSPS) is 10.7. The highest BCUT2D eigenvalue weighted by atomic mass is 35.5. The van der Waals surface area contributed by atoms with Crippen molar-refractivity contribution in [1.29, 1.82) is 0 Å². The van der Waals surface area contributed by atoms with Gasteiger partial charge >= 0.3 is 0 Å². The summed E-state index contributed by atoms with van der Waals surface area (Å²) in [5.41, 5.74) is 1.46. The number of hydrogen-bond acceptors (Lipinski definition) is 4. The lowest BCUT2D eigenvalue weighted by atomic mass is 10.1. The van der Waals surface area contributed by atoms with Crippen LogP contribution < -0.4 is 10.6 Å². The van der Waals surface area contributed by atoms with Gasteiger partial charge in [-0.2, -0.15) is 0 Å². The minimum atomic E-state index is -0.199. The monoisotopic (exact) mass is 346 g/mol. The van der Waals surface area contributed by atoms with E-state index in [4.69, 9.17) is 11.6 Å². The molecule has 128 valence electrons. The van der Waals surface area contributed by atoms with Crippen molar-refractivity contribution < 1.29 is 4.79 Å². The van der Waals surface area contributed by atoms with Gasteiger partial charge in [-0.15, -0.1) is 0 Å². The summed E-state index contributed by atoms with van der Waals surface area (Å²) >= 11 is 5.96. The number of rotatable bonds is 7. The zero-order valence-electron chi connectivity index (χ0n) is 14.3. The maximum absolute atomic E-state index is 12.3. The Morgan fingerprint density at radius 1 is 1.25 bits per heavy atom. The summed E-state index contributed by atoms with van der Waals surface area (Å²) in [5, 5.41) is 6.81. The van der Waals surface area contributed by atoms with E-state index >= 15 is 0 Å². The molecular weight excluding hydrogens is 324 g/mol. The lowest BCUT2D eigenvalue weighted by molar-refractivity contribution is 0.0949. The second-order valence-corrected chi connectivity index (χ2v) is 6.53. The molecule has 1 amide bonds. The third kappa shape index (κ3) is 5.81. The third-order valence-corrected chi connectivity index (χ3v) is 3.59. The zero-order valence-corrected chi connectivity index (χ0v) is 15.0. The topological polar surface area (TPSA) is 66.9 Å². The molecule has 0 atom stereocenters. The van der Waals surface area contributed by atoms with Gasteiger partial charge in [-0.3, -0.25) is 4.79 Å². The summed E-state index contributed by atoms with van der Waals surface area (Å²) in [6, 6.07) is 9.31. The van der Waals surface area contributed by atoms with Crippen molar-refractivity contribution in [3.8, 4) is 0 Å². The summed E-state index contributed by atoms with van der Waals surface area (Å²) in [5.74, 6) is 1.55. The number of aryl methyl sites for hydroxylation is 1. The first-order chi connectivity index (χ1) is 11.4. The van der Waals surface area contributed by atoms with Crippen molar-refractivity contribution in [3.63, 3.8) is 0 Å². The molecule has 2 N–H and O–H groups in total. The minimum Gasteiger partial charge on any atom is -0.370 e. The molecule has 0 unspecified atom stereocenters. The number of nitrogens with zero attached hydrogens (tertiary/aromatic N) is 2. The first-order valence-corrected chi connectivity index (χ1v) is 8.44. The van der Waals surface area contributed by atoms with E-state index in [1.165, 1.54) is 0 Å². The Balaban J connectivity index is 1.93. The van der Waals surface area contributed by atoms with Gasteiger partial charge in [-0.25, -0.2) is 9.97 Å². The molecule has 0 aliphatic heterocycles.